The predicted octanol–water partition coefficient (Wildman–Crippen LogP) is 3.70. The number of hydrogen-bond donors (Lipinski definition) is 2. The molecule has 0 aliphatic carbocycles. The van der Waals surface area contributed by atoms with Crippen LogP contribution < -0.4 is 20.4 Å². The molecule has 178 valence electrons. The first-order chi connectivity index (χ1) is 16.9. The van der Waals surface area contributed by atoms with Crippen LogP contribution in [-0.4, -0.2) is 71.2 Å². The van der Waals surface area contributed by atoms with Crippen molar-refractivity contribution >= 4 is 52.4 Å². The number of aliphatic imine (C=N–C) groups is 4. The standard InChI is InChI=1S/C26H29N9/c1-27-21-11-16(33(3)4)7-9-19(21)23-13-18-14-24(32-26-30-15-29-25(31-23)35(18)26)20-10-8-17(34(5)6)12-22(20)28-2/h7-15,27-28H,1-6H3. The third-order valence-corrected chi connectivity index (χ3v) is 6.14. The molecule has 3 aliphatic rings. The van der Waals surface area contributed by atoms with E-state index in [1.165, 1.54) is 6.34 Å². The van der Waals surface area contributed by atoms with Crippen molar-refractivity contribution in [3.63, 3.8) is 0 Å². The van der Waals surface area contributed by atoms with Crippen LogP contribution in [0.5, 0.6) is 0 Å². The lowest BCUT2D eigenvalue weighted by molar-refractivity contribution is 0.738. The molecule has 0 amide bonds. The monoisotopic (exact) mass is 467 g/mol. The molecule has 3 aliphatic heterocycles. The molecule has 0 radical (unpaired) electrons. The molecule has 9 nitrogen and oxygen atoms in total. The first-order valence-electron chi connectivity index (χ1n) is 11.4. The van der Waals surface area contributed by atoms with Gasteiger partial charge in [0.2, 0.25) is 11.9 Å². The van der Waals surface area contributed by atoms with Crippen molar-refractivity contribution in [2.45, 2.75) is 0 Å². The average molecular weight is 468 g/mol. The van der Waals surface area contributed by atoms with Crippen molar-refractivity contribution in [2.24, 2.45) is 20.0 Å². The molecule has 5 rings (SSSR count). The zero-order valence-electron chi connectivity index (χ0n) is 20.8. The van der Waals surface area contributed by atoms with Gasteiger partial charge in [-0.05, 0) is 48.6 Å². The highest BCUT2D eigenvalue weighted by atomic mass is 15.4. The summed E-state index contributed by atoms with van der Waals surface area (Å²) < 4.78 is 0. The van der Waals surface area contributed by atoms with Gasteiger partial charge in [0.25, 0.3) is 0 Å². The Kier molecular flexibility index (Phi) is 5.60. The van der Waals surface area contributed by atoms with Gasteiger partial charge >= 0.3 is 0 Å². The summed E-state index contributed by atoms with van der Waals surface area (Å²) in [6, 6.07) is 12.6. The number of hydrogen-bond acceptors (Lipinski definition) is 9. The van der Waals surface area contributed by atoms with E-state index in [4.69, 9.17) is 9.98 Å². The maximum absolute atomic E-state index is 4.85. The SMILES string of the molecule is CNc1cc(N(C)C)ccc1C1=CC2=CC(c3ccc(N(C)C)cc3NC)=NC3=NC=NC(=N1)N23. The lowest BCUT2D eigenvalue weighted by atomic mass is 10.0. The summed E-state index contributed by atoms with van der Waals surface area (Å²) in [6.45, 7) is 0. The molecule has 2 N–H and O–H groups in total. The van der Waals surface area contributed by atoms with Gasteiger partial charge in [-0.3, -0.25) is 0 Å². The first-order valence-corrected chi connectivity index (χ1v) is 11.4. The smallest absolute Gasteiger partial charge is 0.239 e. The number of nitrogens with zero attached hydrogens (tertiary/aromatic N) is 7. The summed E-state index contributed by atoms with van der Waals surface area (Å²) in [5, 5.41) is 6.62. The van der Waals surface area contributed by atoms with Gasteiger partial charge in [0, 0.05) is 76.2 Å². The second kappa shape index (κ2) is 8.75. The zero-order chi connectivity index (χ0) is 24.7. The Bertz CT molecular complexity index is 1310. The molecule has 0 aromatic heterocycles. The molecule has 0 spiro atoms. The molecule has 0 saturated heterocycles. The van der Waals surface area contributed by atoms with Gasteiger partial charge in [-0.1, -0.05) is 0 Å². The van der Waals surface area contributed by atoms with Gasteiger partial charge in [-0.15, -0.1) is 0 Å². The third kappa shape index (κ3) is 3.95. The second-order valence-corrected chi connectivity index (χ2v) is 8.77. The van der Waals surface area contributed by atoms with E-state index in [0.29, 0.717) is 11.9 Å². The third-order valence-electron chi connectivity index (χ3n) is 6.14. The number of benzene rings is 2. The van der Waals surface area contributed by atoms with Gasteiger partial charge in [-0.2, -0.15) is 0 Å². The van der Waals surface area contributed by atoms with Crippen molar-refractivity contribution in [2.75, 3.05) is 62.7 Å². The summed E-state index contributed by atoms with van der Waals surface area (Å²) in [6.07, 6.45) is 5.64. The number of allylic oxidation sites excluding steroid dienone is 2. The lowest BCUT2D eigenvalue weighted by Crippen LogP contribution is -2.40. The number of guanidine groups is 2. The van der Waals surface area contributed by atoms with Crippen LogP contribution in [0.4, 0.5) is 22.7 Å². The van der Waals surface area contributed by atoms with Gasteiger partial charge in [0.15, 0.2) is 0 Å². The van der Waals surface area contributed by atoms with E-state index >= 15 is 0 Å². The Labute approximate surface area is 205 Å². The lowest BCUT2D eigenvalue weighted by Gasteiger charge is -2.32. The Morgan fingerprint density at radius 3 is 2.00 bits per heavy atom. The number of rotatable bonds is 6. The minimum Gasteiger partial charge on any atom is -0.388 e. The van der Waals surface area contributed by atoms with Crippen LogP contribution >= 0.6 is 0 Å². The minimum absolute atomic E-state index is 0.553. The fourth-order valence-electron chi connectivity index (χ4n) is 4.21. The fraction of sp³-hybridized carbons (Fsp3) is 0.231. The largest absolute Gasteiger partial charge is 0.388 e. The molecular weight excluding hydrogens is 438 g/mol. The summed E-state index contributed by atoms with van der Waals surface area (Å²) in [7, 11) is 12.0. The summed E-state index contributed by atoms with van der Waals surface area (Å²) in [4.78, 5) is 24.6. The molecule has 0 atom stereocenters. The topological polar surface area (TPSA) is 83.2 Å². The highest BCUT2D eigenvalue weighted by Crippen LogP contribution is 2.35. The van der Waals surface area contributed by atoms with Crippen LogP contribution in [0.3, 0.4) is 0 Å². The Hall–Kier alpha value is -4.40. The van der Waals surface area contributed by atoms with Crippen LogP contribution in [0, 0.1) is 0 Å². The summed E-state index contributed by atoms with van der Waals surface area (Å²) in [5.74, 6) is 1.11. The van der Waals surface area contributed by atoms with Gasteiger partial charge in [-0.25, -0.2) is 24.9 Å². The molecule has 3 heterocycles. The molecular formula is C26H29N9. The second-order valence-electron chi connectivity index (χ2n) is 8.77. The van der Waals surface area contributed by atoms with Gasteiger partial charge in [0.05, 0.1) is 17.1 Å². The molecule has 0 unspecified atom stereocenters. The molecule has 35 heavy (non-hydrogen) atoms. The van der Waals surface area contributed by atoms with Gasteiger partial charge in [0.1, 0.15) is 6.34 Å². The molecule has 2 aromatic rings. The number of anilines is 4. The maximum atomic E-state index is 4.85. The van der Waals surface area contributed by atoms with E-state index in [1.807, 2.05) is 47.2 Å². The molecule has 0 saturated carbocycles. The van der Waals surface area contributed by atoms with E-state index in [9.17, 15) is 0 Å². The van der Waals surface area contributed by atoms with Crippen molar-refractivity contribution in [1.82, 2.24) is 4.90 Å². The predicted molar refractivity (Wildman–Crippen MR) is 148 cm³/mol. The van der Waals surface area contributed by atoms with E-state index < -0.39 is 0 Å². The van der Waals surface area contributed by atoms with Crippen LogP contribution in [0.25, 0.3) is 5.70 Å². The van der Waals surface area contributed by atoms with Crippen LogP contribution in [-0.2, 0) is 0 Å². The van der Waals surface area contributed by atoms with E-state index in [0.717, 1.165) is 51.0 Å². The van der Waals surface area contributed by atoms with Crippen molar-refractivity contribution < 1.29 is 0 Å². The first kappa shape index (κ1) is 22.4. The van der Waals surface area contributed by atoms with Crippen molar-refractivity contribution in [1.29, 1.82) is 0 Å². The van der Waals surface area contributed by atoms with E-state index in [1.54, 1.807) is 0 Å². The van der Waals surface area contributed by atoms with Crippen LogP contribution in [0.2, 0.25) is 0 Å². The van der Waals surface area contributed by atoms with E-state index in [2.05, 4.69) is 79.0 Å². The normalized spacial score (nSPS) is 15.8. The summed E-state index contributed by atoms with van der Waals surface area (Å²) >= 11 is 0. The van der Waals surface area contributed by atoms with Gasteiger partial charge < -0.3 is 20.4 Å². The molecule has 0 fully saturated rings. The molecule has 2 aromatic carbocycles. The fourth-order valence-corrected chi connectivity index (χ4v) is 4.21. The quantitative estimate of drug-likeness (QED) is 0.677. The van der Waals surface area contributed by atoms with Crippen LogP contribution in [0.1, 0.15) is 11.1 Å². The zero-order valence-corrected chi connectivity index (χ0v) is 20.8. The van der Waals surface area contributed by atoms with Crippen molar-refractivity contribution in [3.8, 4) is 0 Å². The highest BCUT2D eigenvalue weighted by molar-refractivity contribution is 6.24. The average Bonchev–Trinajstić information content (AvgIpc) is 2.87. The molecule has 0 bridgehead atoms. The maximum Gasteiger partial charge on any atom is 0.239 e. The van der Waals surface area contributed by atoms with Crippen molar-refractivity contribution in [3.05, 3.63) is 65.4 Å². The summed E-state index contributed by atoms with van der Waals surface area (Å²) in [5.41, 5.74) is 8.79. The Morgan fingerprint density at radius 1 is 0.743 bits per heavy atom. The van der Waals surface area contributed by atoms with E-state index in [-0.39, 0.29) is 0 Å². The highest BCUT2D eigenvalue weighted by Gasteiger charge is 2.31. The van der Waals surface area contributed by atoms with Crippen LogP contribution in [0.15, 0.2) is 74.2 Å². The Balaban J connectivity index is 1.62. The molecule has 9 heteroatoms. The Morgan fingerprint density at radius 2 is 1.37 bits per heavy atom. The minimum atomic E-state index is 0.553. The number of nitrogens with one attached hydrogen (secondary N) is 2.